The first-order valence-electron chi connectivity index (χ1n) is 5.53. The number of pyridine rings is 1. The fraction of sp³-hybridized carbons (Fsp3) is 0.455. The van der Waals surface area contributed by atoms with Crippen molar-refractivity contribution in [1.82, 2.24) is 10.3 Å². The summed E-state index contributed by atoms with van der Waals surface area (Å²) in [6, 6.07) is 3.66. The molecule has 1 rings (SSSR count). The lowest BCUT2D eigenvalue weighted by Crippen LogP contribution is -2.31. The summed E-state index contributed by atoms with van der Waals surface area (Å²) < 4.78 is 0. The number of hydrogen-bond acceptors (Lipinski definition) is 4. The Labute approximate surface area is 110 Å². The molecule has 0 aromatic carbocycles. The molecule has 0 fully saturated rings. The van der Waals surface area contributed by atoms with Crippen molar-refractivity contribution in [2.75, 3.05) is 20.1 Å². The van der Waals surface area contributed by atoms with Crippen LogP contribution in [0.2, 0.25) is 5.15 Å². The maximum Gasteiger partial charge on any atom is 0.259 e. The molecule has 0 saturated carbocycles. The van der Waals surface area contributed by atoms with Gasteiger partial charge in [0.15, 0.2) is 5.84 Å². The number of rotatable bonds is 6. The third kappa shape index (κ3) is 5.58. The summed E-state index contributed by atoms with van der Waals surface area (Å²) in [5.41, 5.74) is 1.09. The van der Waals surface area contributed by atoms with Gasteiger partial charge in [-0.15, -0.1) is 0 Å². The lowest BCUT2D eigenvalue weighted by atomic mass is 10.1. The number of aromatic nitrogens is 1. The molecule has 1 aromatic heterocycles. The summed E-state index contributed by atoms with van der Waals surface area (Å²) >= 11 is 5.68. The van der Waals surface area contributed by atoms with Crippen molar-refractivity contribution < 1.29 is 4.92 Å². The minimum Gasteiger partial charge on any atom is -0.368 e. The summed E-state index contributed by atoms with van der Waals surface area (Å²) in [7, 11) is 1.54. The average Bonchev–Trinajstić information content (AvgIpc) is 2.34. The van der Waals surface area contributed by atoms with Crippen molar-refractivity contribution in [2.45, 2.75) is 12.8 Å². The molecule has 0 aliphatic rings. The summed E-state index contributed by atoms with van der Waals surface area (Å²) in [6.07, 6.45) is 3.42. The Balaban J connectivity index is 2.26. The van der Waals surface area contributed by atoms with Crippen LogP contribution in [0.5, 0.6) is 0 Å². The molecule has 0 aliphatic carbocycles. The van der Waals surface area contributed by atoms with Crippen LogP contribution in [0.25, 0.3) is 0 Å². The van der Waals surface area contributed by atoms with Gasteiger partial charge in [0.2, 0.25) is 0 Å². The van der Waals surface area contributed by atoms with Gasteiger partial charge in [0.05, 0.1) is 0 Å². The zero-order valence-electron chi connectivity index (χ0n) is 10.1. The quantitative estimate of drug-likeness (QED) is 0.212. The zero-order chi connectivity index (χ0) is 13.4. The van der Waals surface area contributed by atoms with Gasteiger partial charge in [-0.3, -0.25) is 15.1 Å². The highest BCUT2D eigenvalue weighted by atomic mass is 35.5. The summed E-state index contributed by atoms with van der Waals surface area (Å²) in [5, 5.41) is 13.7. The van der Waals surface area contributed by atoms with Crippen LogP contribution in [0, 0.1) is 10.1 Å². The number of aliphatic imine (C=N–C) groups is 1. The Hall–Kier alpha value is -1.69. The maximum absolute atomic E-state index is 10.3. The molecule has 0 amide bonds. The second-order valence-corrected chi connectivity index (χ2v) is 4.07. The third-order valence-electron chi connectivity index (χ3n) is 2.31. The predicted octanol–water partition coefficient (Wildman–Crippen LogP) is 1.56. The third-order valence-corrected chi connectivity index (χ3v) is 2.53. The number of aryl methyl sites for hydroxylation is 1. The molecule has 0 radical (unpaired) electrons. The van der Waals surface area contributed by atoms with E-state index in [-0.39, 0.29) is 6.54 Å². The highest BCUT2D eigenvalue weighted by molar-refractivity contribution is 6.29. The van der Waals surface area contributed by atoms with Crippen LogP contribution in [0.3, 0.4) is 0 Å². The molecule has 0 saturated heterocycles. The Morgan fingerprint density at radius 1 is 1.61 bits per heavy atom. The maximum atomic E-state index is 10.3. The molecule has 0 aliphatic heterocycles. The van der Waals surface area contributed by atoms with E-state index in [0.29, 0.717) is 17.5 Å². The van der Waals surface area contributed by atoms with Gasteiger partial charge in [-0.05, 0) is 24.5 Å². The SMILES string of the molecule is CN=C(C[N+](=O)[O-])NCCCc1ccc(Cl)nc1. The first-order valence-corrected chi connectivity index (χ1v) is 5.91. The number of nitrogens with zero attached hydrogens (tertiary/aromatic N) is 3. The molecule has 0 bridgehead atoms. The summed E-state index contributed by atoms with van der Waals surface area (Å²) in [5.74, 6) is 0.397. The number of nitrogens with one attached hydrogen (secondary N) is 1. The van der Waals surface area contributed by atoms with E-state index in [2.05, 4.69) is 15.3 Å². The van der Waals surface area contributed by atoms with Crippen molar-refractivity contribution in [2.24, 2.45) is 4.99 Å². The van der Waals surface area contributed by atoms with Gasteiger partial charge in [-0.2, -0.15) is 0 Å². The Bertz CT molecular complexity index is 420. The van der Waals surface area contributed by atoms with Crippen LogP contribution in [0.4, 0.5) is 0 Å². The van der Waals surface area contributed by atoms with Gasteiger partial charge in [0.1, 0.15) is 5.15 Å². The fourth-order valence-electron chi connectivity index (χ4n) is 1.41. The second kappa shape index (κ2) is 7.60. The fourth-order valence-corrected chi connectivity index (χ4v) is 1.52. The van der Waals surface area contributed by atoms with Crippen LogP contribution in [0.15, 0.2) is 23.3 Å². The van der Waals surface area contributed by atoms with Gasteiger partial charge < -0.3 is 5.32 Å². The van der Waals surface area contributed by atoms with Crippen molar-refractivity contribution in [3.8, 4) is 0 Å². The highest BCUT2D eigenvalue weighted by Crippen LogP contribution is 2.06. The first-order chi connectivity index (χ1) is 8.61. The van der Waals surface area contributed by atoms with E-state index in [1.54, 1.807) is 12.3 Å². The van der Waals surface area contributed by atoms with Crippen LogP contribution in [-0.2, 0) is 6.42 Å². The Morgan fingerprint density at radius 2 is 2.39 bits per heavy atom. The van der Waals surface area contributed by atoms with Crippen molar-refractivity contribution in [1.29, 1.82) is 0 Å². The van der Waals surface area contributed by atoms with Crippen molar-refractivity contribution in [3.05, 3.63) is 39.2 Å². The van der Waals surface area contributed by atoms with Gasteiger partial charge >= 0.3 is 0 Å². The smallest absolute Gasteiger partial charge is 0.259 e. The normalized spacial score (nSPS) is 11.3. The van der Waals surface area contributed by atoms with Crippen LogP contribution < -0.4 is 5.32 Å². The average molecular weight is 271 g/mol. The van der Waals surface area contributed by atoms with Crippen molar-refractivity contribution >= 4 is 17.4 Å². The minimum atomic E-state index is -0.404. The number of hydrogen-bond donors (Lipinski definition) is 1. The van der Waals surface area contributed by atoms with Gasteiger partial charge in [-0.25, -0.2) is 4.98 Å². The van der Waals surface area contributed by atoms with E-state index >= 15 is 0 Å². The van der Waals surface area contributed by atoms with Gasteiger partial charge in [0, 0.05) is 24.7 Å². The molecule has 1 N–H and O–H groups in total. The molecule has 0 atom stereocenters. The number of nitro groups is 1. The molecule has 7 heteroatoms. The van der Waals surface area contributed by atoms with Crippen molar-refractivity contribution in [3.63, 3.8) is 0 Å². The van der Waals surface area contributed by atoms with E-state index in [4.69, 9.17) is 11.6 Å². The molecule has 0 spiro atoms. The lowest BCUT2D eigenvalue weighted by molar-refractivity contribution is -0.463. The molecule has 6 nitrogen and oxygen atoms in total. The topological polar surface area (TPSA) is 80.4 Å². The number of halogens is 1. The Morgan fingerprint density at radius 3 is 2.94 bits per heavy atom. The summed E-state index contributed by atoms with van der Waals surface area (Å²) in [6.45, 7) is 0.377. The van der Waals surface area contributed by atoms with E-state index < -0.39 is 4.92 Å². The summed E-state index contributed by atoms with van der Waals surface area (Å²) in [4.78, 5) is 17.7. The zero-order valence-corrected chi connectivity index (χ0v) is 10.9. The molecule has 1 heterocycles. The molecule has 0 unspecified atom stereocenters. The first kappa shape index (κ1) is 14.4. The van der Waals surface area contributed by atoms with Crippen LogP contribution in [0.1, 0.15) is 12.0 Å². The predicted molar refractivity (Wildman–Crippen MR) is 70.8 cm³/mol. The van der Waals surface area contributed by atoms with Gasteiger partial charge in [-0.1, -0.05) is 17.7 Å². The second-order valence-electron chi connectivity index (χ2n) is 3.68. The monoisotopic (exact) mass is 270 g/mol. The van der Waals surface area contributed by atoms with Gasteiger partial charge in [0.25, 0.3) is 6.54 Å². The molecule has 1 aromatic rings. The van der Waals surface area contributed by atoms with Crippen LogP contribution >= 0.6 is 11.6 Å². The molecular weight excluding hydrogens is 256 g/mol. The van der Waals surface area contributed by atoms with E-state index in [0.717, 1.165) is 18.4 Å². The lowest BCUT2D eigenvalue weighted by Gasteiger charge is -2.05. The largest absolute Gasteiger partial charge is 0.368 e. The van der Waals surface area contributed by atoms with E-state index in [1.807, 2.05) is 6.07 Å². The molecule has 18 heavy (non-hydrogen) atoms. The standard InChI is InChI=1S/C11H15ClN4O2/c1-13-11(8-16(17)18)14-6-2-3-9-4-5-10(12)15-7-9/h4-5,7H,2-3,6,8H2,1H3,(H,13,14). The minimum absolute atomic E-state index is 0.265. The molecular formula is C11H15ClN4O2. The highest BCUT2D eigenvalue weighted by Gasteiger charge is 2.05. The van der Waals surface area contributed by atoms with E-state index in [1.165, 1.54) is 7.05 Å². The molecule has 98 valence electrons. The number of amidine groups is 1. The van der Waals surface area contributed by atoms with Crippen LogP contribution in [-0.4, -0.2) is 35.9 Å². The Kier molecular flexibility index (Phi) is 6.07. The van der Waals surface area contributed by atoms with E-state index in [9.17, 15) is 10.1 Å².